The maximum atomic E-state index is 14.4. The topological polar surface area (TPSA) is 58.6 Å². The molecule has 1 aliphatic rings. The standard InChI is InChI=1S/C23H15ClF2N2O3/c1-31-17-9-7-16(8-10-17)27-21-20(13-2-4-14(24)5-3-13)22(29)28(23(21)30)19-11-6-15(25)12-18(19)26/h2-12,27H,1H3. The van der Waals surface area contributed by atoms with Gasteiger partial charge in [-0.25, -0.2) is 13.7 Å². The summed E-state index contributed by atoms with van der Waals surface area (Å²) in [6.45, 7) is 0. The molecule has 0 saturated heterocycles. The van der Waals surface area contributed by atoms with Crippen molar-refractivity contribution in [1.82, 2.24) is 0 Å². The maximum Gasteiger partial charge on any atom is 0.282 e. The highest BCUT2D eigenvalue weighted by molar-refractivity contribution is 6.46. The van der Waals surface area contributed by atoms with Crippen LogP contribution in [0.2, 0.25) is 5.02 Å². The molecule has 0 radical (unpaired) electrons. The van der Waals surface area contributed by atoms with Crippen molar-refractivity contribution in [3.63, 3.8) is 0 Å². The zero-order chi connectivity index (χ0) is 22.1. The summed E-state index contributed by atoms with van der Waals surface area (Å²) in [5.41, 5.74) is 0.602. The average Bonchev–Trinajstić information content (AvgIpc) is 2.99. The average molecular weight is 441 g/mol. The quantitative estimate of drug-likeness (QED) is 0.566. The summed E-state index contributed by atoms with van der Waals surface area (Å²) in [6.07, 6.45) is 0. The van der Waals surface area contributed by atoms with Crippen LogP contribution in [0.5, 0.6) is 5.75 Å². The number of nitrogens with zero attached hydrogens (tertiary/aromatic N) is 1. The van der Waals surface area contributed by atoms with Gasteiger partial charge in [-0.15, -0.1) is 0 Å². The van der Waals surface area contributed by atoms with Gasteiger partial charge in [0.1, 0.15) is 23.1 Å². The molecule has 5 nitrogen and oxygen atoms in total. The molecule has 0 saturated carbocycles. The van der Waals surface area contributed by atoms with E-state index in [1.54, 1.807) is 48.5 Å². The molecule has 156 valence electrons. The molecule has 0 bridgehead atoms. The van der Waals surface area contributed by atoms with Crippen molar-refractivity contribution in [1.29, 1.82) is 0 Å². The Kier molecular flexibility index (Phi) is 5.44. The fraction of sp³-hybridized carbons (Fsp3) is 0.0435. The lowest BCUT2D eigenvalue weighted by Gasteiger charge is -2.16. The van der Waals surface area contributed by atoms with E-state index >= 15 is 0 Å². The molecule has 0 spiro atoms. The molecule has 0 aliphatic carbocycles. The fourth-order valence-electron chi connectivity index (χ4n) is 3.23. The molecule has 0 unspecified atom stereocenters. The highest BCUT2D eigenvalue weighted by atomic mass is 35.5. The normalized spacial score (nSPS) is 13.7. The Balaban J connectivity index is 1.81. The van der Waals surface area contributed by atoms with E-state index in [0.29, 0.717) is 33.0 Å². The van der Waals surface area contributed by atoms with Crippen molar-refractivity contribution in [2.75, 3.05) is 17.3 Å². The minimum atomic E-state index is -1.03. The Morgan fingerprint density at radius 2 is 1.58 bits per heavy atom. The third-order valence-corrected chi connectivity index (χ3v) is 4.98. The first-order valence-corrected chi connectivity index (χ1v) is 9.52. The summed E-state index contributed by atoms with van der Waals surface area (Å²) in [6, 6.07) is 15.7. The number of nitrogens with one attached hydrogen (secondary N) is 1. The van der Waals surface area contributed by atoms with Crippen LogP contribution in [0.1, 0.15) is 5.56 Å². The van der Waals surface area contributed by atoms with Gasteiger partial charge in [-0.05, 0) is 54.1 Å². The molecule has 1 aliphatic heterocycles. The minimum absolute atomic E-state index is 0.0405. The van der Waals surface area contributed by atoms with E-state index in [1.165, 1.54) is 7.11 Å². The SMILES string of the molecule is COc1ccc(NC2=C(c3ccc(Cl)cc3)C(=O)N(c3ccc(F)cc3F)C2=O)cc1. The molecule has 4 rings (SSSR count). The number of methoxy groups -OCH3 is 1. The number of carbonyl (C=O) groups is 2. The number of anilines is 2. The predicted molar refractivity (Wildman–Crippen MR) is 114 cm³/mol. The Labute approximate surface area is 181 Å². The van der Waals surface area contributed by atoms with Gasteiger partial charge < -0.3 is 10.1 Å². The second-order valence-electron chi connectivity index (χ2n) is 6.65. The van der Waals surface area contributed by atoms with E-state index in [0.717, 1.165) is 12.1 Å². The largest absolute Gasteiger partial charge is 0.497 e. The van der Waals surface area contributed by atoms with E-state index in [9.17, 15) is 18.4 Å². The first kappa shape index (κ1) is 20.6. The maximum absolute atomic E-state index is 14.4. The van der Waals surface area contributed by atoms with Crippen LogP contribution in [0.15, 0.2) is 72.4 Å². The zero-order valence-electron chi connectivity index (χ0n) is 16.2. The van der Waals surface area contributed by atoms with Crippen LogP contribution in [0, 0.1) is 11.6 Å². The van der Waals surface area contributed by atoms with Crippen LogP contribution in [0.4, 0.5) is 20.2 Å². The Bertz CT molecular complexity index is 1210. The number of carbonyl (C=O) groups excluding carboxylic acids is 2. The van der Waals surface area contributed by atoms with Crippen LogP contribution < -0.4 is 15.0 Å². The van der Waals surface area contributed by atoms with Gasteiger partial charge in [0.05, 0.1) is 18.4 Å². The van der Waals surface area contributed by atoms with Crippen molar-refractivity contribution in [2.24, 2.45) is 0 Å². The number of halogens is 3. The summed E-state index contributed by atoms with van der Waals surface area (Å²) in [7, 11) is 1.53. The number of benzene rings is 3. The second kappa shape index (κ2) is 8.20. The van der Waals surface area contributed by atoms with Crippen molar-refractivity contribution in [3.8, 4) is 5.75 Å². The molecule has 1 heterocycles. The molecular weight excluding hydrogens is 426 g/mol. The lowest BCUT2D eigenvalue weighted by molar-refractivity contribution is -0.120. The van der Waals surface area contributed by atoms with Crippen molar-refractivity contribution in [3.05, 3.63) is 94.6 Å². The monoisotopic (exact) mass is 440 g/mol. The molecule has 3 aromatic rings. The van der Waals surface area contributed by atoms with Crippen molar-refractivity contribution >= 4 is 40.4 Å². The number of ether oxygens (including phenoxy) is 1. The number of hydrogen-bond donors (Lipinski definition) is 1. The summed E-state index contributed by atoms with van der Waals surface area (Å²) in [4.78, 5) is 27.1. The van der Waals surface area contributed by atoms with Gasteiger partial charge in [0.15, 0.2) is 0 Å². The van der Waals surface area contributed by atoms with Gasteiger partial charge in [0.25, 0.3) is 11.8 Å². The second-order valence-corrected chi connectivity index (χ2v) is 7.09. The van der Waals surface area contributed by atoms with Gasteiger partial charge >= 0.3 is 0 Å². The highest BCUT2D eigenvalue weighted by Crippen LogP contribution is 2.35. The molecule has 8 heteroatoms. The van der Waals surface area contributed by atoms with Gasteiger partial charge in [-0.3, -0.25) is 9.59 Å². The van der Waals surface area contributed by atoms with Crippen molar-refractivity contribution < 1.29 is 23.1 Å². The van der Waals surface area contributed by atoms with Gasteiger partial charge in [0.2, 0.25) is 0 Å². The van der Waals surface area contributed by atoms with E-state index in [-0.39, 0.29) is 17.0 Å². The molecule has 3 aromatic carbocycles. The highest BCUT2D eigenvalue weighted by Gasteiger charge is 2.41. The van der Waals surface area contributed by atoms with Crippen LogP contribution in [-0.4, -0.2) is 18.9 Å². The first-order chi connectivity index (χ1) is 14.9. The van der Waals surface area contributed by atoms with Crippen molar-refractivity contribution in [2.45, 2.75) is 0 Å². The third kappa shape index (κ3) is 3.87. The molecular formula is C23H15ClF2N2O3. The number of rotatable bonds is 5. The van der Waals surface area contributed by atoms with Crippen LogP contribution in [0.25, 0.3) is 5.57 Å². The van der Waals surface area contributed by atoms with E-state index in [4.69, 9.17) is 16.3 Å². The molecule has 0 aromatic heterocycles. The molecule has 2 amide bonds. The summed E-state index contributed by atoms with van der Waals surface area (Å²) < 4.78 is 32.9. The van der Waals surface area contributed by atoms with E-state index in [1.807, 2.05) is 0 Å². The summed E-state index contributed by atoms with van der Waals surface area (Å²) >= 11 is 5.95. The zero-order valence-corrected chi connectivity index (χ0v) is 16.9. The predicted octanol–water partition coefficient (Wildman–Crippen LogP) is 5.02. The Hall–Kier alpha value is -3.71. The molecule has 0 fully saturated rings. The summed E-state index contributed by atoms with van der Waals surface area (Å²) in [5.74, 6) is -2.74. The third-order valence-electron chi connectivity index (χ3n) is 4.73. The first-order valence-electron chi connectivity index (χ1n) is 9.14. The number of amides is 2. The number of hydrogen-bond acceptors (Lipinski definition) is 4. The number of imide groups is 1. The Morgan fingerprint density at radius 1 is 0.903 bits per heavy atom. The van der Waals surface area contributed by atoms with E-state index in [2.05, 4.69) is 5.32 Å². The lowest BCUT2D eigenvalue weighted by Crippen LogP contribution is -2.33. The van der Waals surface area contributed by atoms with Crippen LogP contribution in [0.3, 0.4) is 0 Å². The van der Waals surface area contributed by atoms with E-state index < -0.39 is 23.4 Å². The lowest BCUT2D eigenvalue weighted by atomic mass is 10.0. The minimum Gasteiger partial charge on any atom is -0.497 e. The molecule has 0 atom stereocenters. The van der Waals surface area contributed by atoms with Crippen LogP contribution >= 0.6 is 11.6 Å². The van der Waals surface area contributed by atoms with Crippen LogP contribution in [-0.2, 0) is 9.59 Å². The summed E-state index contributed by atoms with van der Waals surface area (Å²) in [5, 5.41) is 3.40. The molecule has 31 heavy (non-hydrogen) atoms. The van der Waals surface area contributed by atoms with Gasteiger partial charge in [-0.2, -0.15) is 0 Å². The fourth-order valence-corrected chi connectivity index (χ4v) is 3.36. The smallest absolute Gasteiger partial charge is 0.282 e. The van der Waals surface area contributed by atoms with Gasteiger partial charge in [0, 0.05) is 16.8 Å². The Morgan fingerprint density at radius 3 is 2.19 bits per heavy atom. The molecule has 1 N–H and O–H groups in total. The van der Waals surface area contributed by atoms with Gasteiger partial charge in [-0.1, -0.05) is 23.7 Å².